The second-order valence-corrected chi connectivity index (χ2v) is 7.89. The lowest BCUT2D eigenvalue weighted by Gasteiger charge is -2.30. The van der Waals surface area contributed by atoms with Crippen LogP contribution in [0.4, 0.5) is 0 Å². The maximum Gasteiger partial charge on any atom is 0.322 e. The number of sulfonamides is 1. The third kappa shape index (κ3) is 3.04. The van der Waals surface area contributed by atoms with Crippen molar-refractivity contribution < 1.29 is 18.3 Å². The molecule has 1 N–H and O–H groups in total. The summed E-state index contributed by atoms with van der Waals surface area (Å²) in [6.45, 7) is 5.30. The first-order valence-electron chi connectivity index (χ1n) is 6.03. The summed E-state index contributed by atoms with van der Waals surface area (Å²) in [6, 6.07) is 0.677. The van der Waals surface area contributed by atoms with E-state index in [2.05, 4.69) is 0 Å². The Balaban J connectivity index is 3.23. The number of rotatable bonds is 5. The standard InChI is InChI=1S/C11H18N2O4S2/c1-4-8(5-12)19(16,17)13-9(11(14)15)6-18-10(13)7(2)3/h7-10H,4,6H2,1-3H3,(H,14,15). The van der Waals surface area contributed by atoms with Crippen molar-refractivity contribution in [2.45, 2.75) is 43.9 Å². The maximum absolute atomic E-state index is 12.5. The number of aliphatic carboxylic acids is 1. The SMILES string of the molecule is CCC(C#N)S(=O)(=O)N1C(C(=O)O)CSC1C(C)C. The zero-order chi connectivity index (χ0) is 14.8. The van der Waals surface area contributed by atoms with E-state index < -0.39 is 32.7 Å². The average Bonchev–Trinajstić information content (AvgIpc) is 2.75. The lowest BCUT2D eigenvalue weighted by atomic mass is 10.2. The topological polar surface area (TPSA) is 98.5 Å². The lowest BCUT2D eigenvalue weighted by molar-refractivity contribution is -0.140. The predicted octanol–water partition coefficient (Wildman–Crippen LogP) is 1.10. The van der Waals surface area contributed by atoms with Gasteiger partial charge in [-0.2, -0.15) is 9.57 Å². The van der Waals surface area contributed by atoms with Crippen molar-refractivity contribution in [2.24, 2.45) is 5.92 Å². The van der Waals surface area contributed by atoms with Gasteiger partial charge in [0, 0.05) is 5.75 Å². The summed E-state index contributed by atoms with van der Waals surface area (Å²) in [5, 5.41) is 16.5. The van der Waals surface area contributed by atoms with E-state index in [0.717, 1.165) is 4.31 Å². The molecule has 1 heterocycles. The van der Waals surface area contributed by atoms with Gasteiger partial charge in [-0.15, -0.1) is 11.8 Å². The molecule has 3 unspecified atom stereocenters. The van der Waals surface area contributed by atoms with Crippen molar-refractivity contribution in [1.82, 2.24) is 4.31 Å². The van der Waals surface area contributed by atoms with Gasteiger partial charge in [-0.1, -0.05) is 20.8 Å². The molecule has 0 spiro atoms. The molecule has 0 saturated carbocycles. The van der Waals surface area contributed by atoms with Crippen LogP contribution in [0.3, 0.4) is 0 Å². The number of carboxylic acid groups (broad SMARTS) is 1. The summed E-state index contributed by atoms with van der Waals surface area (Å²) in [4.78, 5) is 11.2. The summed E-state index contributed by atoms with van der Waals surface area (Å²) in [5.41, 5.74) is 0. The molecule has 1 saturated heterocycles. The number of carboxylic acids is 1. The highest BCUT2D eigenvalue weighted by atomic mass is 32.2. The maximum atomic E-state index is 12.5. The molecule has 8 heteroatoms. The van der Waals surface area contributed by atoms with E-state index in [4.69, 9.17) is 5.26 Å². The molecular weight excluding hydrogens is 288 g/mol. The first-order valence-corrected chi connectivity index (χ1v) is 8.58. The molecular formula is C11H18N2O4S2. The van der Waals surface area contributed by atoms with Gasteiger partial charge in [0.2, 0.25) is 10.0 Å². The summed E-state index contributed by atoms with van der Waals surface area (Å²) >= 11 is 1.32. The Morgan fingerprint density at radius 2 is 2.16 bits per heavy atom. The van der Waals surface area contributed by atoms with E-state index in [9.17, 15) is 18.3 Å². The van der Waals surface area contributed by atoms with Crippen LogP contribution in [0.1, 0.15) is 27.2 Å². The van der Waals surface area contributed by atoms with Crippen LogP contribution in [0.2, 0.25) is 0 Å². The van der Waals surface area contributed by atoms with Crippen LogP contribution in [0.5, 0.6) is 0 Å². The van der Waals surface area contributed by atoms with Crippen molar-refractivity contribution in [3.05, 3.63) is 0 Å². The van der Waals surface area contributed by atoms with E-state index >= 15 is 0 Å². The van der Waals surface area contributed by atoms with Gasteiger partial charge in [0.15, 0.2) is 5.25 Å². The number of thioether (sulfide) groups is 1. The molecule has 19 heavy (non-hydrogen) atoms. The van der Waals surface area contributed by atoms with Crippen molar-refractivity contribution in [3.8, 4) is 6.07 Å². The molecule has 0 radical (unpaired) electrons. The molecule has 1 fully saturated rings. The van der Waals surface area contributed by atoms with Gasteiger partial charge in [0.1, 0.15) is 6.04 Å². The highest BCUT2D eigenvalue weighted by Gasteiger charge is 2.49. The number of hydrogen-bond acceptors (Lipinski definition) is 5. The van der Waals surface area contributed by atoms with E-state index in [1.165, 1.54) is 11.8 Å². The van der Waals surface area contributed by atoms with Crippen molar-refractivity contribution >= 4 is 27.8 Å². The van der Waals surface area contributed by atoms with Crippen LogP contribution in [-0.2, 0) is 14.8 Å². The van der Waals surface area contributed by atoms with E-state index in [-0.39, 0.29) is 18.1 Å². The minimum atomic E-state index is -3.92. The lowest BCUT2D eigenvalue weighted by Crippen LogP contribution is -2.50. The largest absolute Gasteiger partial charge is 0.480 e. The minimum absolute atomic E-state index is 0.0136. The van der Waals surface area contributed by atoms with E-state index in [1.807, 2.05) is 13.8 Å². The van der Waals surface area contributed by atoms with Gasteiger partial charge >= 0.3 is 5.97 Å². The molecule has 0 aromatic heterocycles. The molecule has 0 aromatic rings. The fourth-order valence-corrected chi connectivity index (χ4v) is 5.92. The smallest absolute Gasteiger partial charge is 0.322 e. The zero-order valence-electron chi connectivity index (χ0n) is 11.1. The highest BCUT2D eigenvalue weighted by molar-refractivity contribution is 8.01. The second kappa shape index (κ2) is 6.11. The number of nitrogens with zero attached hydrogens (tertiary/aromatic N) is 2. The van der Waals surface area contributed by atoms with Gasteiger partial charge in [-0.3, -0.25) is 4.79 Å². The van der Waals surface area contributed by atoms with Crippen LogP contribution in [0.15, 0.2) is 0 Å². The molecule has 1 aliphatic heterocycles. The van der Waals surface area contributed by atoms with Crippen molar-refractivity contribution in [1.29, 1.82) is 5.26 Å². The summed E-state index contributed by atoms with van der Waals surface area (Å²) in [7, 11) is -3.92. The van der Waals surface area contributed by atoms with Gasteiger partial charge < -0.3 is 5.11 Å². The Bertz CT molecular complexity index is 483. The third-order valence-corrected chi connectivity index (χ3v) is 6.99. The van der Waals surface area contributed by atoms with Crippen LogP contribution in [0.25, 0.3) is 0 Å². The molecule has 1 aliphatic rings. The minimum Gasteiger partial charge on any atom is -0.480 e. The third-order valence-electron chi connectivity index (χ3n) is 3.01. The highest BCUT2D eigenvalue weighted by Crippen LogP contribution is 2.37. The molecule has 0 aromatic carbocycles. The Hall–Kier alpha value is -0.780. The fourth-order valence-electron chi connectivity index (χ4n) is 2.02. The van der Waals surface area contributed by atoms with Crippen LogP contribution >= 0.6 is 11.8 Å². The van der Waals surface area contributed by atoms with Gasteiger partial charge in [-0.25, -0.2) is 8.42 Å². The molecule has 0 bridgehead atoms. The molecule has 1 rings (SSSR count). The fraction of sp³-hybridized carbons (Fsp3) is 0.818. The van der Waals surface area contributed by atoms with Gasteiger partial charge in [-0.05, 0) is 12.3 Å². The first kappa shape index (κ1) is 16.3. The molecule has 0 amide bonds. The molecule has 3 atom stereocenters. The second-order valence-electron chi connectivity index (χ2n) is 4.72. The first-order chi connectivity index (χ1) is 8.77. The van der Waals surface area contributed by atoms with Crippen LogP contribution < -0.4 is 0 Å². The summed E-state index contributed by atoms with van der Waals surface area (Å²) in [5.74, 6) is -0.952. The van der Waals surface area contributed by atoms with E-state index in [1.54, 1.807) is 13.0 Å². The number of carbonyl (C=O) groups is 1. The molecule has 0 aliphatic carbocycles. The van der Waals surface area contributed by atoms with E-state index in [0.29, 0.717) is 0 Å². The Labute approximate surface area is 117 Å². The Morgan fingerprint density at radius 3 is 2.53 bits per heavy atom. The number of nitriles is 1. The van der Waals surface area contributed by atoms with Crippen LogP contribution in [0, 0.1) is 17.2 Å². The van der Waals surface area contributed by atoms with Crippen LogP contribution in [-0.4, -0.2) is 46.2 Å². The predicted molar refractivity (Wildman–Crippen MR) is 73.0 cm³/mol. The summed E-state index contributed by atoms with van der Waals surface area (Å²) < 4.78 is 25.9. The quantitative estimate of drug-likeness (QED) is 0.816. The van der Waals surface area contributed by atoms with Gasteiger partial charge in [0.25, 0.3) is 0 Å². The van der Waals surface area contributed by atoms with Crippen molar-refractivity contribution in [3.63, 3.8) is 0 Å². The summed E-state index contributed by atoms with van der Waals surface area (Å²) in [6.07, 6.45) is 0.150. The normalized spacial score (nSPS) is 26.3. The monoisotopic (exact) mass is 306 g/mol. The van der Waals surface area contributed by atoms with Gasteiger partial charge in [0.05, 0.1) is 11.4 Å². The van der Waals surface area contributed by atoms with Crippen molar-refractivity contribution in [2.75, 3.05) is 5.75 Å². The Kier molecular flexibility index (Phi) is 5.24. The average molecular weight is 306 g/mol. The number of hydrogen-bond donors (Lipinski definition) is 1. The Morgan fingerprint density at radius 1 is 1.58 bits per heavy atom. The molecule has 6 nitrogen and oxygen atoms in total. The molecule has 108 valence electrons. The zero-order valence-corrected chi connectivity index (χ0v) is 12.7.